The molecule has 1 N–H and O–H groups in total. The molecule has 0 saturated carbocycles. The van der Waals surface area contributed by atoms with Crippen LogP contribution in [0.3, 0.4) is 0 Å². The number of likely N-dealkylation sites (tertiary alicyclic amines) is 1. The zero-order chi connectivity index (χ0) is 16.8. The Morgan fingerprint density at radius 1 is 1.26 bits per heavy atom. The summed E-state index contributed by atoms with van der Waals surface area (Å²) in [5, 5.41) is 2.63. The van der Waals surface area contributed by atoms with Crippen molar-refractivity contribution in [3.8, 4) is 0 Å². The highest BCUT2D eigenvalue weighted by Gasteiger charge is 2.18. The fraction of sp³-hybridized carbons (Fsp3) is 0.500. The van der Waals surface area contributed by atoms with Crippen LogP contribution in [0.25, 0.3) is 0 Å². The molecule has 1 saturated heterocycles. The minimum atomic E-state index is -0.686. The van der Waals surface area contributed by atoms with Gasteiger partial charge < -0.3 is 15.1 Å². The molecule has 0 radical (unpaired) electrons. The highest BCUT2D eigenvalue weighted by Crippen LogP contribution is 2.12. The van der Waals surface area contributed by atoms with Crippen LogP contribution < -0.4 is 5.32 Å². The average molecular weight is 325 g/mol. The number of halogens is 2. The highest BCUT2D eigenvalue weighted by molar-refractivity contribution is 5.78. The normalized spacial score (nSPS) is 14.0. The number of hydrogen-bond acceptors (Lipinski definition) is 2. The van der Waals surface area contributed by atoms with Crippen molar-refractivity contribution in [2.75, 3.05) is 26.7 Å². The Balaban J connectivity index is 1.75. The maximum atomic E-state index is 13.6. The number of carbonyl (C=O) groups excluding carboxylic acids is 2. The summed E-state index contributed by atoms with van der Waals surface area (Å²) in [7, 11) is 1.51. The van der Waals surface area contributed by atoms with Gasteiger partial charge in [-0.1, -0.05) is 6.07 Å². The van der Waals surface area contributed by atoms with Crippen LogP contribution in [0, 0.1) is 11.6 Å². The smallest absolute Gasteiger partial charge is 0.317 e. The first-order valence-electron chi connectivity index (χ1n) is 7.68. The number of nitrogens with one attached hydrogen (secondary N) is 1. The van der Waals surface area contributed by atoms with Crippen LogP contribution in [0.4, 0.5) is 13.6 Å². The molecule has 0 aliphatic carbocycles. The summed E-state index contributed by atoms with van der Waals surface area (Å²) < 4.78 is 26.4. The number of hydrogen-bond donors (Lipinski definition) is 1. The Labute approximate surface area is 134 Å². The molecule has 0 aromatic heterocycles. The summed E-state index contributed by atoms with van der Waals surface area (Å²) in [5.74, 6) is -1.30. The summed E-state index contributed by atoms with van der Waals surface area (Å²) in [6, 6.07) is 2.85. The molecule has 23 heavy (non-hydrogen) atoms. The lowest BCUT2D eigenvalue weighted by Gasteiger charge is -2.19. The van der Waals surface area contributed by atoms with Crippen molar-refractivity contribution >= 4 is 11.9 Å². The molecule has 0 bridgehead atoms. The van der Waals surface area contributed by atoms with Crippen LogP contribution in [-0.4, -0.2) is 48.4 Å². The van der Waals surface area contributed by atoms with Crippen molar-refractivity contribution in [1.82, 2.24) is 15.1 Å². The van der Waals surface area contributed by atoms with Crippen LogP contribution in [0.15, 0.2) is 18.2 Å². The summed E-state index contributed by atoms with van der Waals surface area (Å²) in [5.41, 5.74) is 0.234. The molecular weight excluding hydrogens is 304 g/mol. The molecule has 7 heteroatoms. The number of urea groups is 1. The number of rotatable bonds is 5. The summed E-state index contributed by atoms with van der Waals surface area (Å²) >= 11 is 0. The fourth-order valence-electron chi connectivity index (χ4n) is 2.51. The number of amides is 3. The molecule has 0 spiro atoms. The molecule has 0 atom stereocenters. The van der Waals surface area contributed by atoms with Gasteiger partial charge in [-0.3, -0.25) is 4.79 Å². The molecule has 2 rings (SSSR count). The average Bonchev–Trinajstić information content (AvgIpc) is 3.04. The lowest BCUT2D eigenvalue weighted by molar-refractivity contribution is -0.129. The van der Waals surface area contributed by atoms with Gasteiger partial charge in [0.25, 0.3) is 0 Å². The molecule has 5 nitrogen and oxygen atoms in total. The van der Waals surface area contributed by atoms with Gasteiger partial charge >= 0.3 is 6.03 Å². The van der Waals surface area contributed by atoms with Crippen molar-refractivity contribution < 1.29 is 18.4 Å². The standard InChI is InChI=1S/C16H21F2N3O2/c1-20(11-12-4-5-13(17)10-14(12)18)16(23)19-7-6-15(22)21-8-2-3-9-21/h4-5,10H,2-3,6-9,11H2,1H3,(H,19,23). The molecule has 1 aromatic rings. The third-order valence-corrected chi connectivity index (χ3v) is 3.84. The van der Waals surface area contributed by atoms with Crippen molar-refractivity contribution in [1.29, 1.82) is 0 Å². The number of carbonyl (C=O) groups is 2. The minimum Gasteiger partial charge on any atom is -0.343 e. The van der Waals surface area contributed by atoms with E-state index in [9.17, 15) is 18.4 Å². The topological polar surface area (TPSA) is 52.7 Å². The minimum absolute atomic E-state index is 0.0258. The van der Waals surface area contributed by atoms with Gasteiger partial charge in [0.1, 0.15) is 11.6 Å². The fourth-order valence-corrected chi connectivity index (χ4v) is 2.51. The van der Waals surface area contributed by atoms with E-state index in [1.807, 2.05) is 0 Å². The van der Waals surface area contributed by atoms with Crippen LogP contribution in [0.2, 0.25) is 0 Å². The Kier molecular flexibility index (Phi) is 5.90. The molecule has 1 aromatic carbocycles. The van der Waals surface area contributed by atoms with Crippen molar-refractivity contribution in [3.05, 3.63) is 35.4 Å². The Bertz CT molecular complexity index is 574. The molecule has 3 amide bonds. The molecule has 0 unspecified atom stereocenters. The molecule has 1 aliphatic rings. The van der Waals surface area contributed by atoms with E-state index in [1.54, 1.807) is 4.90 Å². The van der Waals surface area contributed by atoms with Crippen LogP contribution in [-0.2, 0) is 11.3 Å². The Morgan fingerprint density at radius 3 is 2.61 bits per heavy atom. The lowest BCUT2D eigenvalue weighted by Crippen LogP contribution is -2.39. The van der Waals surface area contributed by atoms with Gasteiger partial charge in [-0.25, -0.2) is 13.6 Å². The van der Waals surface area contributed by atoms with Crippen molar-refractivity contribution in [2.45, 2.75) is 25.8 Å². The van der Waals surface area contributed by atoms with E-state index in [4.69, 9.17) is 0 Å². The zero-order valence-corrected chi connectivity index (χ0v) is 13.1. The van der Waals surface area contributed by atoms with Gasteiger partial charge in [0.2, 0.25) is 5.91 Å². The Morgan fingerprint density at radius 2 is 1.96 bits per heavy atom. The Hall–Kier alpha value is -2.18. The number of benzene rings is 1. The quantitative estimate of drug-likeness (QED) is 0.901. The van der Waals surface area contributed by atoms with E-state index in [2.05, 4.69) is 5.32 Å². The SMILES string of the molecule is CN(Cc1ccc(F)cc1F)C(=O)NCCC(=O)N1CCCC1. The zero-order valence-electron chi connectivity index (χ0n) is 13.1. The maximum Gasteiger partial charge on any atom is 0.317 e. The first-order valence-corrected chi connectivity index (χ1v) is 7.68. The third-order valence-electron chi connectivity index (χ3n) is 3.84. The van der Waals surface area contributed by atoms with Crippen LogP contribution in [0.5, 0.6) is 0 Å². The van der Waals surface area contributed by atoms with Gasteiger partial charge in [0.05, 0.1) is 0 Å². The highest BCUT2D eigenvalue weighted by atomic mass is 19.1. The van der Waals surface area contributed by atoms with Gasteiger partial charge in [-0.05, 0) is 18.9 Å². The van der Waals surface area contributed by atoms with Gasteiger partial charge in [0, 0.05) is 51.3 Å². The molecule has 1 fully saturated rings. The van der Waals surface area contributed by atoms with Crippen molar-refractivity contribution in [2.24, 2.45) is 0 Å². The van der Waals surface area contributed by atoms with Gasteiger partial charge in [-0.2, -0.15) is 0 Å². The third kappa shape index (κ3) is 4.91. The van der Waals surface area contributed by atoms with E-state index >= 15 is 0 Å². The second-order valence-electron chi connectivity index (χ2n) is 5.66. The first kappa shape index (κ1) is 17.2. The predicted molar refractivity (Wildman–Crippen MR) is 81.7 cm³/mol. The van der Waals surface area contributed by atoms with E-state index in [1.165, 1.54) is 18.0 Å². The summed E-state index contributed by atoms with van der Waals surface area (Å²) in [6.45, 7) is 1.84. The van der Waals surface area contributed by atoms with E-state index in [-0.39, 0.29) is 31.0 Å². The van der Waals surface area contributed by atoms with E-state index in [0.717, 1.165) is 38.1 Å². The predicted octanol–water partition coefficient (Wildman–Crippen LogP) is 2.12. The number of nitrogens with zero attached hydrogens (tertiary/aromatic N) is 2. The van der Waals surface area contributed by atoms with Gasteiger partial charge in [0.15, 0.2) is 0 Å². The van der Waals surface area contributed by atoms with E-state index in [0.29, 0.717) is 0 Å². The second-order valence-corrected chi connectivity index (χ2v) is 5.66. The largest absolute Gasteiger partial charge is 0.343 e. The lowest BCUT2D eigenvalue weighted by atomic mass is 10.2. The van der Waals surface area contributed by atoms with Crippen molar-refractivity contribution in [3.63, 3.8) is 0 Å². The summed E-state index contributed by atoms with van der Waals surface area (Å²) in [6.07, 6.45) is 2.32. The molecule has 1 aliphatic heterocycles. The monoisotopic (exact) mass is 325 g/mol. The van der Waals surface area contributed by atoms with E-state index < -0.39 is 17.7 Å². The maximum absolute atomic E-state index is 13.6. The molecule has 1 heterocycles. The molecular formula is C16H21F2N3O2. The van der Waals surface area contributed by atoms with Crippen LogP contribution >= 0.6 is 0 Å². The summed E-state index contributed by atoms with van der Waals surface area (Å²) in [4.78, 5) is 26.8. The first-order chi connectivity index (χ1) is 11.0. The van der Waals surface area contributed by atoms with Gasteiger partial charge in [-0.15, -0.1) is 0 Å². The van der Waals surface area contributed by atoms with Crippen LogP contribution in [0.1, 0.15) is 24.8 Å². The molecule has 126 valence electrons. The second kappa shape index (κ2) is 7.89.